The summed E-state index contributed by atoms with van der Waals surface area (Å²) in [5.74, 6) is 0.227. The maximum Gasteiger partial charge on any atom is 0.223 e. The van der Waals surface area contributed by atoms with Crippen molar-refractivity contribution in [1.82, 2.24) is 4.90 Å². The number of carbonyl (C=O) groups excluding carboxylic acids is 1. The molecule has 18 heavy (non-hydrogen) atoms. The molecule has 0 saturated carbocycles. The molecular weight excluding hydrogens is 238 g/mol. The lowest BCUT2D eigenvalue weighted by Crippen LogP contribution is -2.27. The molecule has 1 aliphatic heterocycles. The van der Waals surface area contributed by atoms with E-state index in [-0.39, 0.29) is 25.0 Å². The predicted octanol–water partition coefficient (Wildman–Crippen LogP) is -0.757. The highest BCUT2D eigenvalue weighted by molar-refractivity contribution is 5.78. The molecule has 0 aromatic carbocycles. The maximum atomic E-state index is 11.5. The minimum Gasteiger partial charge on any atom is -0.396 e. The lowest BCUT2D eigenvalue weighted by molar-refractivity contribution is -0.127. The zero-order valence-electron chi connectivity index (χ0n) is 10.7. The van der Waals surface area contributed by atoms with E-state index >= 15 is 0 Å². The Bertz CT molecular complexity index is 237. The minimum atomic E-state index is 0.0308. The van der Waals surface area contributed by atoms with Crippen LogP contribution in [-0.4, -0.2) is 73.8 Å². The van der Waals surface area contributed by atoms with Crippen LogP contribution in [0.4, 0.5) is 0 Å². The SMILES string of the molecule is O=C1CC(CO)CN1CCCOCCOCCO. The van der Waals surface area contributed by atoms with E-state index in [1.54, 1.807) is 4.90 Å². The summed E-state index contributed by atoms with van der Waals surface area (Å²) >= 11 is 0. The van der Waals surface area contributed by atoms with Gasteiger partial charge in [0.15, 0.2) is 0 Å². The van der Waals surface area contributed by atoms with Gasteiger partial charge in [0.1, 0.15) is 0 Å². The largest absolute Gasteiger partial charge is 0.396 e. The quantitative estimate of drug-likeness (QED) is 0.506. The fourth-order valence-electron chi connectivity index (χ4n) is 1.94. The molecule has 1 heterocycles. The second kappa shape index (κ2) is 9.27. The van der Waals surface area contributed by atoms with Crippen molar-refractivity contribution in [3.8, 4) is 0 Å². The molecule has 2 N–H and O–H groups in total. The molecule has 0 aromatic heterocycles. The van der Waals surface area contributed by atoms with Crippen LogP contribution in [0.25, 0.3) is 0 Å². The molecule has 0 spiro atoms. The van der Waals surface area contributed by atoms with Gasteiger partial charge in [-0.05, 0) is 6.42 Å². The highest BCUT2D eigenvalue weighted by Crippen LogP contribution is 2.16. The van der Waals surface area contributed by atoms with Gasteiger partial charge in [0, 0.05) is 38.6 Å². The molecule has 0 aromatic rings. The number of carbonyl (C=O) groups is 1. The number of aliphatic hydroxyl groups excluding tert-OH is 2. The summed E-state index contributed by atoms with van der Waals surface area (Å²) in [7, 11) is 0. The first-order chi connectivity index (χ1) is 8.77. The van der Waals surface area contributed by atoms with Crippen LogP contribution >= 0.6 is 0 Å². The van der Waals surface area contributed by atoms with Gasteiger partial charge in [-0.15, -0.1) is 0 Å². The predicted molar refractivity (Wildman–Crippen MR) is 65.1 cm³/mol. The summed E-state index contributed by atoms with van der Waals surface area (Å²) in [4.78, 5) is 13.3. The molecule has 1 fully saturated rings. The zero-order valence-corrected chi connectivity index (χ0v) is 10.7. The number of rotatable bonds is 10. The van der Waals surface area contributed by atoms with Gasteiger partial charge in [0.25, 0.3) is 0 Å². The second-order valence-corrected chi connectivity index (χ2v) is 4.39. The summed E-state index contributed by atoms with van der Waals surface area (Å²) < 4.78 is 10.4. The third kappa shape index (κ3) is 5.77. The van der Waals surface area contributed by atoms with Gasteiger partial charge in [0.05, 0.1) is 26.4 Å². The third-order valence-electron chi connectivity index (χ3n) is 2.88. The lowest BCUT2D eigenvalue weighted by Gasteiger charge is -2.16. The van der Waals surface area contributed by atoms with Crippen molar-refractivity contribution in [3.63, 3.8) is 0 Å². The van der Waals surface area contributed by atoms with Crippen LogP contribution in [0.1, 0.15) is 12.8 Å². The van der Waals surface area contributed by atoms with Crippen molar-refractivity contribution in [3.05, 3.63) is 0 Å². The Kier molecular flexibility index (Phi) is 7.91. The smallest absolute Gasteiger partial charge is 0.223 e. The topological polar surface area (TPSA) is 79.2 Å². The van der Waals surface area contributed by atoms with E-state index in [9.17, 15) is 4.79 Å². The van der Waals surface area contributed by atoms with E-state index in [0.717, 1.165) is 6.42 Å². The van der Waals surface area contributed by atoms with E-state index in [0.29, 0.717) is 45.9 Å². The number of nitrogens with zero attached hydrogens (tertiary/aromatic N) is 1. The van der Waals surface area contributed by atoms with Gasteiger partial charge in [-0.1, -0.05) is 0 Å². The van der Waals surface area contributed by atoms with Crippen LogP contribution in [0.3, 0.4) is 0 Å². The summed E-state index contributed by atoms with van der Waals surface area (Å²) in [5.41, 5.74) is 0. The van der Waals surface area contributed by atoms with E-state index < -0.39 is 0 Å². The van der Waals surface area contributed by atoms with Crippen molar-refractivity contribution in [2.45, 2.75) is 12.8 Å². The van der Waals surface area contributed by atoms with Gasteiger partial charge in [-0.2, -0.15) is 0 Å². The molecule has 0 aliphatic carbocycles. The van der Waals surface area contributed by atoms with E-state index in [4.69, 9.17) is 19.7 Å². The van der Waals surface area contributed by atoms with E-state index in [1.165, 1.54) is 0 Å². The third-order valence-corrected chi connectivity index (χ3v) is 2.88. The summed E-state index contributed by atoms with van der Waals surface area (Å²) in [6, 6.07) is 0. The maximum absolute atomic E-state index is 11.5. The van der Waals surface area contributed by atoms with Crippen molar-refractivity contribution in [2.24, 2.45) is 5.92 Å². The van der Waals surface area contributed by atoms with E-state index in [2.05, 4.69) is 0 Å². The van der Waals surface area contributed by atoms with Crippen molar-refractivity contribution < 1.29 is 24.5 Å². The molecule has 0 radical (unpaired) electrons. The van der Waals surface area contributed by atoms with Crippen LogP contribution in [0.15, 0.2) is 0 Å². The molecule has 0 bridgehead atoms. The Morgan fingerprint density at radius 2 is 1.89 bits per heavy atom. The molecule has 1 aliphatic rings. The number of hydrogen-bond donors (Lipinski definition) is 2. The molecule has 6 heteroatoms. The van der Waals surface area contributed by atoms with Crippen molar-refractivity contribution in [2.75, 3.05) is 52.7 Å². The molecule has 106 valence electrons. The van der Waals surface area contributed by atoms with Crippen LogP contribution in [0.2, 0.25) is 0 Å². The van der Waals surface area contributed by atoms with Crippen molar-refractivity contribution in [1.29, 1.82) is 0 Å². The van der Waals surface area contributed by atoms with E-state index in [1.807, 2.05) is 0 Å². The Balaban J connectivity index is 1.93. The summed E-state index contributed by atoms with van der Waals surface area (Å²) in [6.45, 7) is 3.39. The van der Waals surface area contributed by atoms with Crippen LogP contribution < -0.4 is 0 Å². The molecule has 1 atom stereocenters. The highest BCUT2D eigenvalue weighted by atomic mass is 16.5. The Labute approximate surface area is 107 Å². The number of amides is 1. The van der Waals surface area contributed by atoms with Gasteiger partial charge in [-0.3, -0.25) is 4.79 Å². The monoisotopic (exact) mass is 261 g/mol. The number of hydrogen-bond acceptors (Lipinski definition) is 5. The number of ether oxygens (including phenoxy) is 2. The first-order valence-corrected chi connectivity index (χ1v) is 6.43. The van der Waals surface area contributed by atoms with Gasteiger partial charge in [-0.25, -0.2) is 0 Å². The van der Waals surface area contributed by atoms with Crippen LogP contribution in [-0.2, 0) is 14.3 Å². The zero-order chi connectivity index (χ0) is 13.2. The molecule has 1 unspecified atom stereocenters. The normalized spacial score (nSPS) is 19.8. The molecule has 6 nitrogen and oxygen atoms in total. The Morgan fingerprint density at radius 1 is 1.17 bits per heavy atom. The average Bonchev–Trinajstić information content (AvgIpc) is 2.73. The summed E-state index contributed by atoms with van der Waals surface area (Å²) in [6.07, 6.45) is 1.26. The number of aliphatic hydroxyl groups is 2. The number of likely N-dealkylation sites (tertiary alicyclic amines) is 1. The minimum absolute atomic E-state index is 0.0308. The molecule has 1 saturated heterocycles. The lowest BCUT2D eigenvalue weighted by atomic mass is 10.1. The van der Waals surface area contributed by atoms with Gasteiger partial charge >= 0.3 is 0 Å². The average molecular weight is 261 g/mol. The molecular formula is C12H23NO5. The molecule has 1 rings (SSSR count). The van der Waals surface area contributed by atoms with Gasteiger partial charge in [0.2, 0.25) is 5.91 Å². The Hall–Kier alpha value is -0.690. The first kappa shape index (κ1) is 15.4. The van der Waals surface area contributed by atoms with Crippen LogP contribution in [0.5, 0.6) is 0 Å². The fourth-order valence-corrected chi connectivity index (χ4v) is 1.94. The second-order valence-electron chi connectivity index (χ2n) is 4.39. The van der Waals surface area contributed by atoms with Crippen molar-refractivity contribution >= 4 is 5.91 Å². The van der Waals surface area contributed by atoms with Gasteiger partial charge < -0.3 is 24.6 Å². The highest BCUT2D eigenvalue weighted by Gasteiger charge is 2.28. The fraction of sp³-hybridized carbons (Fsp3) is 0.917. The molecule has 1 amide bonds. The Morgan fingerprint density at radius 3 is 2.50 bits per heavy atom. The standard InChI is InChI=1S/C12H23NO5/c14-3-5-18-7-6-17-4-1-2-13-9-11(10-15)8-12(13)16/h11,14-15H,1-10H2. The summed E-state index contributed by atoms with van der Waals surface area (Å²) in [5, 5.41) is 17.5. The first-order valence-electron chi connectivity index (χ1n) is 6.43. The van der Waals surface area contributed by atoms with Crippen LogP contribution in [0, 0.1) is 5.92 Å².